The summed E-state index contributed by atoms with van der Waals surface area (Å²) < 4.78 is 7.10. The number of hydrogen-bond donors (Lipinski definition) is 2. The second kappa shape index (κ2) is 8.39. The van der Waals surface area contributed by atoms with Crippen molar-refractivity contribution >= 4 is 17.3 Å². The first-order valence-electron chi connectivity index (χ1n) is 8.55. The van der Waals surface area contributed by atoms with Gasteiger partial charge in [0.2, 0.25) is 0 Å². The fourth-order valence-electron chi connectivity index (χ4n) is 2.82. The second-order valence-electron chi connectivity index (χ2n) is 5.98. The maximum atomic E-state index is 5.12. The van der Waals surface area contributed by atoms with E-state index in [-0.39, 0.29) is 6.04 Å². The van der Waals surface area contributed by atoms with Crippen molar-refractivity contribution in [3.05, 3.63) is 27.7 Å². The molecule has 1 aliphatic rings. The highest BCUT2D eigenvalue weighted by atomic mass is 32.1. The van der Waals surface area contributed by atoms with E-state index in [9.17, 15) is 0 Å². The third-order valence-electron chi connectivity index (χ3n) is 3.92. The maximum absolute atomic E-state index is 5.12. The normalized spacial score (nSPS) is 17.4. The van der Waals surface area contributed by atoms with Gasteiger partial charge in [-0.05, 0) is 20.3 Å². The highest BCUT2D eigenvalue weighted by molar-refractivity contribution is 7.11. The zero-order valence-corrected chi connectivity index (χ0v) is 15.8. The predicted molar refractivity (Wildman–Crippen MR) is 97.6 cm³/mol. The Balaban J connectivity index is 1.61. The van der Waals surface area contributed by atoms with Crippen molar-refractivity contribution < 1.29 is 4.74 Å². The highest BCUT2D eigenvalue weighted by Crippen LogP contribution is 2.14. The van der Waals surface area contributed by atoms with Crippen LogP contribution in [0.5, 0.6) is 0 Å². The topological polar surface area (TPSA) is 89.2 Å². The molecule has 3 rings (SSSR count). The molecule has 1 atom stereocenters. The van der Waals surface area contributed by atoms with Crippen LogP contribution in [-0.4, -0.2) is 45.4 Å². The first kappa shape index (κ1) is 17.8. The van der Waals surface area contributed by atoms with Crippen molar-refractivity contribution in [3.63, 3.8) is 0 Å². The Kier molecular flexibility index (Phi) is 5.98. The number of aliphatic imine (C=N–C) groups is 1. The average molecular weight is 363 g/mol. The molecule has 0 amide bonds. The minimum absolute atomic E-state index is 0.283. The van der Waals surface area contributed by atoms with Gasteiger partial charge in [-0.3, -0.25) is 0 Å². The number of nitrogens with one attached hydrogen (secondary N) is 2. The summed E-state index contributed by atoms with van der Waals surface area (Å²) in [6, 6.07) is 0.283. The van der Waals surface area contributed by atoms with Crippen LogP contribution < -0.4 is 10.6 Å². The van der Waals surface area contributed by atoms with E-state index in [4.69, 9.17) is 4.74 Å². The minimum Gasteiger partial charge on any atom is -0.377 e. The second-order valence-corrected chi connectivity index (χ2v) is 7.30. The van der Waals surface area contributed by atoms with Crippen LogP contribution in [0.3, 0.4) is 0 Å². The molecule has 0 bridgehead atoms. The maximum Gasteiger partial charge on any atom is 0.191 e. The van der Waals surface area contributed by atoms with E-state index in [0.29, 0.717) is 13.2 Å². The standard InChI is InChI=1S/C16H25N7OS/c1-4-17-16(19-8-13-7-18-11(2)25-13)20-12-5-6-15-21-14(10-24-3)22-23(15)9-12/h7,12H,4-6,8-10H2,1-3H3,(H2,17,19,20). The Hall–Kier alpha value is -2.00. The van der Waals surface area contributed by atoms with Crippen LogP contribution in [0.15, 0.2) is 11.2 Å². The first-order chi connectivity index (χ1) is 12.2. The smallest absolute Gasteiger partial charge is 0.191 e. The van der Waals surface area contributed by atoms with Gasteiger partial charge >= 0.3 is 0 Å². The number of hydrogen-bond acceptors (Lipinski definition) is 6. The van der Waals surface area contributed by atoms with Crippen LogP contribution in [0.1, 0.15) is 34.9 Å². The summed E-state index contributed by atoms with van der Waals surface area (Å²) in [6.45, 7) is 6.79. The van der Waals surface area contributed by atoms with E-state index in [1.54, 1.807) is 18.4 Å². The number of rotatable bonds is 6. The van der Waals surface area contributed by atoms with Gasteiger partial charge in [-0.2, -0.15) is 5.10 Å². The number of aromatic nitrogens is 4. The largest absolute Gasteiger partial charge is 0.377 e. The summed E-state index contributed by atoms with van der Waals surface area (Å²) >= 11 is 1.68. The van der Waals surface area contributed by atoms with Gasteiger partial charge in [-0.25, -0.2) is 19.6 Å². The Morgan fingerprint density at radius 2 is 2.40 bits per heavy atom. The van der Waals surface area contributed by atoms with E-state index < -0.39 is 0 Å². The Labute approximate surface area is 151 Å². The molecule has 0 aromatic carbocycles. The molecule has 1 aliphatic heterocycles. The van der Waals surface area contributed by atoms with Gasteiger partial charge in [0.25, 0.3) is 0 Å². The van der Waals surface area contributed by atoms with Crippen LogP contribution in [0, 0.1) is 6.92 Å². The monoisotopic (exact) mass is 363 g/mol. The first-order valence-corrected chi connectivity index (χ1v) is 9.37. The number of guanidine groups is 1. The summed E-state index contributed by atoms with van der Waals surface area (Å²) in [7, 11) is 1.66. The molecular weight excluding hydrogens is 338 g/mol. The molecule has 0 radical (unpaired) electrons. The van der Waals surface area contributed by atoms with E-state index >= 15 is 0 Å². The lowest BCUT2D eigenvalue weighted by Gasteiger charge is -2.25. The highest BCUT2D eigenvalue weighted by Gasteiger charge is 2.22. The zero-order chi connectivity index (χ0) is 17.6. The summed E-state index contributed by atoms with van der Waals surface area (Å²) in [5.74, 6) is 2.62. The average Bonchev–Trinajstić information content (AvgIpc) is 3.18. The van der Waals surface area contributed by atoms with E-state index in [2.05, 4.69) is 37.6 Å². The number of nitrogens with zero attached hydrogens (tertiary/aromatic N) is 5. The summed E-state index contributed by atoms with van der Waals surface area (Å²) in [4.78, 5) is 14.6. The zero-order valence-electron chi connectivity index (χ0n) is 14.9. The molecule has 9 heteroatoms. The summed E-state index contributed by atoms with van der Waals surface area (Å²) in [5.41, 5.74) is 0. The Bertz CT molecular complexity index is 724. The molecule has 0 saturated heterocycles. The molecule has 2 aromatic heterocycles. The SMILES string of the molecule is CCNC(=NCc1cnc(C)s1)NC1CCc2nc(COC)nn2C1. The van der Waals surface area contributed by atoms with Crippen molar-refractivity contribution in [3.8, 4) is 0 Å². The molecule has 2 aromatic rings. The quantitative estimate of drug-likeness (QED) is 0.593. The van der Waals surface area contributed by atoms with Gasteiger partial charge in [0.1, 0.15) is 12.4 Å². The lowest BCUT2D eigenvalue weighted by molar-refractivity contribution is 0.177. The number of methoxy groups -OCH3 is 1. The van der Waals surface area contributed by atoms with E-state index in [1.807, 2.05) is 17.8 Å². The molecule has 136 valence electrons. The fourth-order valence-corrected chi connectivity index (χ4v) is 3.54. The van der Waals surface area contributed by atoms with Gasteiger partial charge in [0, 0.05) is 37.2 Å². The molecule has 3 heterocycles. The van der Waals surface area contributed by atoms with Crippen molar-refractivity contribution in [1.82, 2.24) is 30.4 Å². The molecule has 2 N–H and O–H groups in total. The molecule has 8 nitrogen and oxygen atoms in total. The van der Waals surface area contributed by atoms with Crippen molar-refractivity contribution in [2.45, 2.75) is 52.4 Å². The lowest BCUT2D eigenvalue weighted by atomic mass is 10.1. The predicted octanol–water partition coefficient (Wildman–Crippen LogP) is 1.26. The number of fused-ring (bicyclic) bond motifs is 1. The van der Waals surface area contributed by atoms with Gasteiger partial charge in [0.05, 0.1) is 18.1 Å². The number of ether oxygens (including phenoxy) is 1. The van der Waals surface area contributed by atoms with Crippen LogP contribution in [-0.2, 0) is 30.9 Å². The third kappa shape index (κ3) is 4.76. The van der Waals surface area contributed by atoms with Gasteiger partial charge < -0.3 is 15.4 Å². The molecule has 25 heavy (non-hydrogen) atoms. The van der Waals surface area contributed by atoms with Gasteiger partial charge in [-0.15, -0.1) is 11.3 Å². The lowest BCUT2D eigenvalue weighted by Crippen LogP contribution is -2.47. The van der Waals surface area contributed by atoms with Crippen molar-refractivity contribution in [2.24, 2.45) is 4.99 Å². The van der Waals surface area contributed by atoms with Crippen LogP contribution >= 0.6 is 11.3 Å². The number of aryl methyl sites for hydroxylation is 2. The molecule has 0 aliphatic carbocycles. The van der Waals surface area contributed by atoms with E-state index in [0.717, 1.165) is 48.5 Å². The minimum atomic E-state index is 0.283. The molecule has 1 unspecified atom stereocenters. The Morgan fingerprint density at radius 1 is 1.52 bits per heavy atom. The molecular formula is C16H25N7OS. The molecule has 0 saturated carbocycles. The van der Waals surface area contributed by atoms with Gasteiger partial charge in [-0.1, -0.05) is 0 Å². The molecule has 0 spiro atoms. The Morgan fingerprint density at radius 3 is 3.12 bits per heavy atom. The van der Waals surface area contributed by atoms with E-state index in [1.165, 1.54) is 4.88 Å². The van der Waals surface area contributed by atoms with Crippen molar-refractivity contribution in [2.75, 3.05) is 13.7 Å². The summed E-state index contributed by atoms with van der Waals surface area (Å²) in [5, 5.41) is 12.4. The van der Waals surface area contributed by atoms with Crippen molar-refractivity contribution in [1.29, 1.82) is 0 Å². The fraction of sp³-hybridized carbons (Fsp3) is 0.625. The van der Waals surface area contributed by atoms with Crippen LogP contribution in [0.25, 0.3) is 0 Å². The van der Waals surface area contributed by atoms with Crippen LogP contribution in [0.4, 0.5) is 0 Å². The van der Waals surface area contributed by atoms with Gasteiger partial charge in [0.15, 0.2) is 11.8 Å². The number of thiazole rings is 1. The van der Waals surface area contributed by atoms with Crippen LogP contribution in [0.2, 0.25) is 0 Å². The third-order valence-corrected chi connectivity index (χ3v) is 4.82. The summed E-state index contributed by atoms with van der Waals surface area (Å²) in [6.07, 6.45) is 3.81. The molecule has 0 fully saturated rings.